The summed E-state index contributed by atoms with van der Waals surface area (Å²) in [5.74, 6) is 0.605. The van der Waals surface area contributed by atoms with Crippen molar-refractivity contribution in [3.63, 3.8) is 0 Å². The van der Waals surface area contributed by atoms with Gasteiger partial charge in [-0.15, -0.1) is 10.2 Å². The average molecular weight is 371 g/mol. The normalized spacial score (nSPS) is 10.7. The monoisotopic (exact) mass is 371 g/mol. The van der Waals surface area contributed by atoms with Crippen molar-refractivity contribution in [1.29, 1.82) is 0 Å². The zero-order valence-electron chi connectivity index (χ0n) is 14.5. The molecule has 0 bridgehead atoms. The van der Waals surface area contributed by atoms with E-state index in [9.17, 15) is 9.18 Å². The molecule has 0 unspecified atom stereocenters. The van der Waals surface area contributed by atoms with E-state index in [1.54, 1.807) is 0 Å². The fourth-order valence-corrected chi connectivity index (χ4v) is 3.32. The quantitative estimate of drug-likeness (QED) is 0.470. The third-order valence-electron chi connectivity index (χ3n) is 3.92. The summed E-state index contributed by atoms with van der Waals surface area (Å²) >= 11 is 1.27. The van der Waals surface area contributed by atoms with Gasteiger partial charge in [0.15, 0.2) is 10.9 Å². The first-order valence-corrected chi connectivity index (χ1v) is 8.98. The molecule has 0 N–H and O–H groups in total. The second-order valence-corrected chi connectivity index (χ2v) is 6.62. The molecule has 1 heterocycles. The number of nitrogens with zero attached hydrogens (tertiary/aromatic N) is 3. The van der Waals surface area contributed by atoms with Crippen molar-refractivity contribution in [3.8, 4) is 5.75 Å². The minimum atomic E-state index is -0.469. The molecule has 0 aliphatic carbocycles. The third kappa shape index (κ3) is 4.11. The molecule has 0 aliphatic rings. The first-order chi connectivity index (χ1) is 12.6. The number of hydrogen-bond acceptors (Lipinski definition) is 5. The molecule has 0 spiro atoms. The minimum Gasteiger partial charge on any atom is -0.496 e. The maximum atomic E-state index is 13.4. The molecule has 5 nitrogen and oxygen atoms in total. The lowest BCUT2D eigenvalue weighted by Gasteiger charge is -2.07. The number of halogens is 1. The Balaban J connectivity index is 1.69. The molecule has 3 rings (SSSR count). The Morgan fingerprint density at radius 3 is 2.69 bits per heavy atom. The van der Waals surface area contributed by atoms with E-state index >= 15 is 0 Å². The molecule has 1 aromatic heterocycles. The van der Waals surface area contributed by atoms with E-state index < -0.39 is 5.82 Å². The van der Waals surface area contributed by atoms with Crippen molar-refractivity contribution in [2.75, 3.05) is 12.9 Å². The summed E-state index contributed by atoms with van der Waals surface area (Å²) < 4.78 is 20.4. The fraction of sp³-hybridized carbons (Fsp3) is 0.211. The number of benzene rings is 2. The summed E-state index contributed by atoms with van der Waals surface area (Å²) in [5.41, 5.74) is 1.37. The van der Waals surface area contributed by atoms with Crippen LogP contribution in [0, 0.1) is 5.82 Å². The van der Waals surface area contributed by atoms with Crippen LogP contribution in [0.1, 0.15) is 21.7 Å². The first-order valence-electron chi connectivity index (χ1n) is 8.00. The topological polar surface area (TPSA) is 57.0 Å². The van der Waals surface area contributed by atoms with Gasteiger partial charge in [-0.3, -0.25) is 4.79 Å². The predicted molar refractivity (Wildman–Crippen MR) is 98.3 cm³/mol. The highest BCUT2D eigenvalue weighted by Gasteiger charge is 2.16. The van der Waals surface area contributed by atoms with Crippen molar-refractivity contribution >= 4 is 17.5 Å². The van der Waals surface area contributed by atoms with Gasteiger partial charge >= 0.3 is 0 Å². The largest absolute Gasteiger partial charge is 0.496 e. The SMILES string of the molecule is COc1ccc(F)cc1C(=O)CSc1nnc(Cc2ccccc2)n1C. The van der Waals surface area contributed by atoms with Crippen LogP contribution in [0.25, 0.3) is 0 Å². The molecule has 0 atom stereocenters. The Labute approximate surface area is 155 Å². The van der Waals surface area contributed by atoms with Crippen LogP contribution >= 0.6 is 11.8 Å². The zero-order valence-corrected chi connectivity index (χ0v) is 15.3. The van der Waals surface area contributed by atoms with Crippen molar-refractivity contribution < 1.29 is 13.9 Å². The minimum absolute atomic E-state index is 0.122. The predicted octanol–water partition coefficient (Wildman–Crippen LogP) is 3.53. The summed E-state index contributed by atoms with van der Waals surface area (Å²) in [4.78, 5) is 12.4. The number of carbonyl (C=O) groups is 1. The number of rotatable bonds is 7. The molecule has 3 aromatic rings. The van der Waals surface area contributed by atoms with E-state index in [1.165, 1.54) is 37.1 Å². The Morgan fingerprint density at radius 1 is 1.19 bits per heavy atom. The van der Waals surface area contributed by atoms with Crippen LogP contribution in [-0.4, -0.2) is 33.4 Å². The zero-order chi connectivity index (χ0) is 18.5. The van der Waals surface area contributed by atoms with Crippen LogP contribution in [0.4, 0.5) is 4.39 Å². The molecule has 0 aliphatic heterocycles. The van der Waals surface area contributed by atoms with Crippen LogP contribution in [0.2, 0.25) is 0 Å². The second-order valence-electron chi connectivity index (χ2n) is 5.68. The molecule has 7 heteroatoms. The highest BCUT2D eigenvalue weighted by Crippen LogP contribution is 2.24. The summed E-state index contributed by atoms with van der Waals surface area (Å²) in [6, 6.07) is 13.9. The van der Waals surface area contributed by atoms with Crippen molar-refractivity contribution in [2.24, 2.45) is 7.05 Å². The number of carbonyl (C=O) groups excluding carboxylic acids is 1. The number of methoxy groups -OCH3 is 1. The molecule has 0 radical (unpaired) electrons. The molecular weight excluding hydrogens is 353 g/mol. The molecule has 134 valence electrons. The van der Waals surface area contributed by atoms with Crippen LogP contribution in [0.5, 0.6) is 5.75 Å². The lowest BCUT2D eigenvalue weighted by molar-refractivity contribution is 0.101. The molecule has 0 amide bonds. The Hall–Kier alpha value is -2.67. The van der Waals surface area contributed by atoms with Gasteiger partial charge in [-0.2, -0.15) is 0 Å². The number of ether oxygens (including phenoxy) is 1. The van der Waals surface area contributed by atoms with Crippen LogP contribution < -0.4 is 4.74 Å². The first kappa shape index (κ1) is 18.1. The van der Waals surface area contributed by atoms with Gasteiger partial charge in [0, 0.05) is 13.5 Å². The van der Waals surface area contributed by atoms with Gasteiger partial charge in [-0.05, 0) is 23.8 Å². The highest BCUT2D eigenvalue weighted by molar-refractivity contribution is 7.99. The van der Waals surface area contributed by atoms with Crippen LogP contribution in [-0.2, 0) is 13.5 Å². The van der Waals surface area contributed by atoms with Gasteiger partial charge in [-0.1, -0.05) is 42.1 Å². The highest BCUT2D eigenvalue weighted by atomic mass is 32.2. The number of aromatic nitrogens is 3. The van der Waals surface area contributed by atoms with Crippen molar-refractivity contribution in [3.05, 3.63) is 71.3 Å². The number of thioether (sulfide) groups is 1. The number of Topliss-reactive ketones (excluding diaryl/α,β-unsaturated/α-hetero) is 1. The standard InChI is InChI=1S/C19H18FN3O2S/c1-23-18(10-13-6-4-3-5-7-13)21-22-19(23)26-12-16(24)15-11-14(20)8-9-17(15)25-2/h3-9,11H,10,12H2,1-2H3. The van der Waals surface area contributed by atoms with E-state index in [-0.39, 0.29) is 17.1 Å². The lowest BCUT2D eigenvalue weighted by atomic mass is 10.1. The summed E-state index contributed by atoms with van der Waals surface area (Å²) in [6.07, 6.45) is 0.663. The third-order valence-corrected chi connectivity index (χ3v) is 4.94. The average Bonchev–Trinajstić information content (AvgIpc) is 3.00. The number of ketones is 1. The van der Waals surface area contributed by atoms with Crippen molar-refractivity contribution in [2.45, 2.75) is 11.6 Å². The Morgan fingerprint density at radius 2 is 1.96 bits per heavy atom. The molecule has 26 heavy (non-hydrogen) atoms. The smallest absolute Gasteiger partial charge is 0.191 e. The number of hydrogen-bond donors (Lipinski definition) is 0. The van der Waals surface area contributed by atoms with Gasteiger partial charge in [0.1, 0.15) is 17.4 Å². The van der Waals surface area contributed by atoms with Gasteiger partial charge < -0.3 is 9.30 Å². The van der Waals surface area contributed by atoms with E-state index in [0.29, 0.717) is 17.3 Å². The second kappa shape index (κ2) is 8.14. The maximum Gasteiger partial charge on any atom is 0.191 e. The lowest BCUT2D eigenvalue weighted by Crippen LogP contribution is -2.07. The van der Waals surface area contributed by atoms with E-state index in [0.717, 1.165) is 11.4 Å². The van der Waals surface area contributed by atoms with Gasteiger partial charge in [0.05, 0.1) is 18.4 Å². The van der Waals surface area contributed by atoms with Crippen LogP contribution in [0.3, 0.4) is 0 Å². The van der Waals surface area contributed by atoms with Crippen LogP contribution in [0.15, 0.2) is 53.7 Å². The fourth-order valence-electron chi connectivity index (χ4n) is 2.51. The summed E-state index contributed by atoms with van der Waals surface area (Å²) in [7, 11) is 3.32. The van der Waals surface area contributed by atoms with Gasteiger partial charge in [0.25, 0.3) is 0 Å². The summed E-state index contributed by atoms with van der Waals surface area (Å²) in [5, 5.41) is 9.00. The van der Waals surface area contributed by atoms with E-state index in [1.807, 2.05) is 41.9 Å². The molecule has 0 saturated carbocycles. The van der Waals surface area contributed by atoms with E-state index in [4.69, 9.17) is 4.74 Å². The Kier molecular flexibility index (Phi) is 5.68. The summed E-state index contributed by atoms with van der Waals surface area (Å²) in [6.45, 7) is 0. The molecule has 2 aromatic carbocycles. The molecular formula is C19H18FN3O2S. The van der Waals surface area contributed by atoms with Gasteiger partial charge in [-0.25, -0.2) is 4.39 Å². The van der Waals surface area contributed by atoms with Crippen molar-refractivity contribution in [1.82, 2.24) is 14.8 Å². The van der Waals surface area contributed by atoms with Gasteiger partial charge in [0.2, 0.25) is 0 Å². The maximum absolute atomic E-state index is 13.4. The Bertz CT molecular complexity index is 912. The van der Waals surface area contributed by atoms with E-state index in [2.05, 4.69) is 10.2 Å². The molecule has 0 fully saturated rings. The molecule has 0 saturated heterocycles.